The van der Waals surface area contributed by atoms with Crippen LogP contribution in [0.2, 0.25) is 0 Å². The number of benzene rings is 2. The van der Waals surface area contributed by atoms with Crippen molar-refractivity contribution < 1.29 is 13.6 Å². The minimum Gasteiger partial charge on any atom is -0.273 e. The zero-order valence-corrected chi connectivity index (χ0v) is 20.7. The first kappa shape index (κ1) is 21.3. The summed E-state index contributed by atoms with van der Waals surface area (Å²) >= 11 is 2.73. The van der Waals surface area contributed by atoms with Gasteiger partial charge in [0.2, 0.25) is 5.91 Å². The molecule has 5 aliphatic rings. The number of hydrogen-bond donors (Lipinski definition) is 0. The highest BCUT2D eigenvalue weighted by Gasteiger charge is 2.51. The van der Waals surface area contributed by atoms with Gasteiger partial charge in [0.25, 0.3) is 0 Å². The summed E-state index contributed by atoms with van der Waals surface area (Å²) in [4.78, 5) is 19.2. The Morgan fingerprint density at radius 1 is 1.03 bits per heavy atom. The first-order valence-corrected chi connectivity index (χ1v) is 14.1. The molecule has 1 aliphatic heterocycles. The molecule has 4 bridgehead atoms. The quantitative estimate of drug-likeness (QED) is 0.387. The lowest BCUT2D eigenvalue weighted by Crippen LogP contribution is -2.48. The summed E-state index contributed by atoms with van der Waals surface area (Å²) in [5, 5.41) is -0.208. The second kappa shape index (κ2) is 7.50. The number of fused-ring (bicyclic) bond motifs is 1. The molecule has 1 unspecified atom stereocenters. The molecule has 1 atom stereocenters. The van der Waals surface area contributed by atoms with Crippen molar-refractivity contribution in [1.82, 2.24) is 4.98 Å². The molecule has 5 fully saturated rings. The van der Waals surface area contributed by atoms with Gasteiger partial charge in [0.15, 0.2) is 5.13 Å². The Morgan fingerprint density at radius 2 is 1.68 bits per heavy atom. The first-order chi connectivity index (χ1) is 16.4. The van der Waals surface area contributed by atoms with Gasteiger partial charge < -0.3 is 0 Å². The maximum atomic E-state index is 14.6. The van der Waals surface area contributed by atoms with E-state index in [-0.39, 0.29) is 22.6 Å². The highest BCUT2D eigenvalue weighted by atomic mass is 32.2. The Balaban J connectivity index is 1.30. The van der Waals surface area contributed by atoms with E-state index >= 15 is 0 Å². The van der Waals surface area contributed by atoms with E-state index in [1.165, 1.54) is 90.3 Å². The summed E-state index contributed by atoms with van der Waals surface area (Å²) in [7, 11) is 0. The van der Waals surface area contributed by atoms with E-state index in [0.717, 1.165) is 33.5 Å². The van der Waals surface area contributed by atoms with E-state index in [0.29, 0.717) is 5.13 Å². The van der Waals surface area contributed by atoms with Crippen LogP contribution >= 0.6 is 23.1 Å². The van der Waals surface area contributed by atoms with Crippen LogP contribution in [0.15, 0.2) is 30.3 Å². The molecule has 176 valence electrons. The largest absolute Gasteiger partial charge is 0.273 e. The third-order valence-corrected chi connectivity index (χ3v) is 10.8. The zero-order chi connectivity index (χ0) is 23.2. The van der Waals surface area contributed by atoms with E-state index in [1.54, 1.807) is 0 Å². The Morgan fingerprint density at radius 3 is 2.32 bits per heavy atom. The maximum Gasteiger partial charge on any atom is 0.240 e. The van der Waals surface area contributed by atoms with E-state index in [2.05, 4.69) is 19.1 Å². The molecule has 4 aliphatic carbocycles. The zero-order valence-electron chi connectivity index (χ0n) is 19.0. The molecule has 2 heterocycles. The lowest BCUT2D eigenvalue weighted by atomic mass is 9.48. The molecule has 1 aromatic heterocycles. The Kier molecular flexibility index (Phi) is 4.70. The van der Waals surface area contributed by atoms with E-state index in [1.807, 2.05) is 0 Å². The molecular weight excluding hydrogens is 470 g/mol. The summed E-state index contributed by atoms with van der Waals surface area (Å²) in [5.74, 6) is 1.39. The molecule has 3 nitrogen and oxygen atoms in total. The van der Waals surface area contributed by atoms with Gasteiger partial charge in [-0.1, -0.05) is 23.5 Å². The van der Waals surface area contributed by atoms with Crippen LogP contribution in [0.5, 0.6) is 0 Å². The highest BCUT2D eigenvalue weighted by molar-refractivity contribution is 8.00. The summed E-state index contributed by atoms with van der Waals surface area (Å²) in [6, 6.07) is 8.49. The number of aryl methyl sites for hydroxylation is 1. The normalized spacial score (nSPS) is 32.3. The fourth-order valence-corrected chi connectivity index (χ4v) is 10.0. The average molecular weight is 497 g/mol. The van der Waals surface area contributed by atoms with Crippen LogP contribution in [0.1, 0.15) is 60.6 Å². The first-order valence-electron chi connectivity index (χ1n) is 12.2. The number of nitrogens with zero attached hydrogens (tertiary/aromatic N) is 2. The molecule has 1 saturated heterocycles. The second-order valence-corrected chi connectivity index (χ2v) is 13.0. The highest BCUT2D eigenvalue weighted by Crippen LogP contribution is 2.61. The van der Waals surface area contributed by atoms with Crippen LogP contribution in [-0.2, 0) is 10.2 Å². The minimum atomic E-state index is -0.739. The van der Waals surface area contributed by atoms with Crippen molar-refractivity contribution >= 4 is 44.4 Å². The van der Waals surface area contributed by atoms with Crippen molar-refractivity contribution in [2.24, 2.45) is 17.8 Å². The molecule has 0 N–H and O–H groups in total. The molecule has 7 heteroatoms. The third-order valence-electron chi connectivity index (χ3n) is 8.65. The molecule has 1 amide bonds. The van der Waals surface area contributed by atoms with Crippen molar-refractivity contribution in [2.75, 3.05) is 10.7 Å². The number of aromatic nitrogens is 1. The number of halogens is 2. The fraction of sp³-hybridized carbons (Fsp3) is 0.481. The predicted molar refractivity (Wildman–Crippen MR) is 133 cm³/mol. The summed E-state index contributed by atoms with van der Waals surface area (Å²) < 4.78 is 30.3. The SMILES string of the molecule is Cc1cc(C23CC4CC(CC(C4)C2)C3)cc2sc(N3C(=O)CSC3c3c(F)cccc3F)nc12. The Labute approximate surface area is 205 Å². The predicted octanol–water partition coefficient (Wildman–Crippen LogP) is 7.13. The van der Waals surface area contributed by atoms with Gasteiger partial charge in [0, 0.05) is 0 Å². The lowest BCUT2D eigenvalue weighted by Gasteiger charge is -2.57. The van der Waals surface area contributed by atoms with Crippen LogP contribution in [0.4, 0.5) is 13.9 Å². The van der Waals surface area contributed by atoms with Crippen molar-refractivity contribution in [3.8, 4) is 0 Å². The topological polar surface area (TPSA) is 33.2 Å². The van der Waals surface area contributed by atoms with Crippen molar-refractivity contribution in [1.29, 1.82) is 0 Å². The number of hydrogen-bond acceptors (Lipinski definition) is 4. The maximum absolute atomic E-state index is 14.6. The van der Waals surface area contributed by atoms with Gasteiger partial charge in [-0.15, -0.1) is 11.8 Å². The summed E-state index contributed by atoms with van der Waals surface area (Å²) in [5.41, 5.74) is 3.68. The molecule has 4 saturated carbocycles. The van der Waals surface area contributed by atoms with Gasteiger partial charge in [-0.3, -0.25) is 9.69 Å². The third kappa shape index (κ3) is 3.12. The standard InChI is InChI=1S/C27H26F2N2OS2/c1-14-5-18(27-10-15-6-16(11-27)8-17(7-15)12-27)9-21-24(14)30-26(34-21)31-22(32)13-33-25(31)23-19(28)3-2-4-20(23)29/h2-5,9,15-17,25H,6-8,10-13H2,1H3. The van der Waals surface area contributed by atoms with Crippen LogP contribution in [0.25, 0.3) is 10.2 Å². The van der Waals surface area contributed by atoms with Crippen LogP contribution in [0, 0.1) is 36.3 Å². The molecule has 0 radical (unpaired) electrons. The monoisotopic (exact) mass is 496 g/mol. The summed E-state index contributed by atoms with van der Waals surface area (Å²) in [6.07, 6.45) is 8.12. The van der Waals surface area contributed by atoms with Crippen molar-refractivity contribution in [3.63, 3.8) is 0 Å². The molecule has 3 aromatic rings. The lowest BCUT2D eigenvalue weighted by molar-refractivity contribution is -0.115. The second-order valence-electron chi connectivity index (χ2n) is 10.9. The van der Waals surface area contributed by atoms with Gasteiger partial charge in [0.05, 0.1) is 21.5 Å². The number of rotatable bonds is 3. The number of anilines is 1. The van der Waals surface area contributed by atoms with Crippen LogP contribution in [-0.4, -0.2) is 16.6 Å². The van der Waals surface area contributed by atoms with Gasteiger partial charge in [-0.25, -0.2) is 13.8 Å². The van der Waals surface area contributed by atoms with Gasteiger partial charge >= 0.3 is 0 Å². The van der Waals surface area contributed by atoms with E-state index < -0.39 is 17.0 Å². The molecule has 0 spiro atoms. The number of carbonyl (C=O) groups excluding carboxylic acids is 1. The molecule has 34 heavy (non-hydrogen) atoms. The number of thiazole rings is 1. The van der Waals surface area contributed by atoms with E-state index in [4.69, 9.17) is 4.98 Å². The summed E-state index contributed by atoms with van der Waals surface area (Å²) in [6.45, 7) is 2.10. The van der Waals surface area contributed by atoms with Crippen molar-refractivity contribution in [2.45, 2.75) is 56.2 Å². The van der Waals surface area contributed by atoms with Gasteiger partial charge in [0.1, 0.15) is 17.0 Å². The van der Waals surface area contributed by atoms with Crippen molar-refractivity contribution in [3.05, 3.63) is 58.7 Å². The van der Waals surface area contributed by atoms with Gasteiger partial charge in [-0.2, -0.15) is 0 Å². The minimum absolute atomic E-state index is 0.0661. The number of thioether (sulfide) groups is 1. The Bertz CT molecular complexity index is 1280. The van der Waals surface area contributed by atoms with E-state index in [9.17, 15) is 13.6 Å². The number of amides is 1. The fourth-order valence-electron chi connectivity index (χ4n) is 7.65. The average Bonchev–Trinajstić information content (AvgIpc) is 3.36. The van der Waals surface area contributed by atoms with Crippen LogP contribution < -0.4 is 4.90 Å². The molecule has 2 aromatic carbocycles. The smallest absolute Gasteiger partial charge is 0.240 e. The Hall–Kier alpha value is -1.99. The molecule has 8 rings (SSSR count). The van der Waals surface area contributed by atoms with Crippen LogP contribution in [0.3, 0.4) is 0 Å². The van der Waals surface area contributed by atoms with Gasteiger partial charge in [-0.05, 0) is 97.9 Å². The molecular formula is C27H26F2N2OS2. The number of carbonyl (C=O) groups is 1.